The molecule has 0 saturated carbocycles. The fourth-order valence-corrected chi connectivity index (χ4v) is 3.21. The van der Waals surface area contributed by atoms with E-state index < -0.39 is 15.6 Å². The Bertz CT molecular complexity index is 434. The predicted octanol–water partition coefficient (Wildman–Crippen LogP) is 0.292. The molecule has 3 N–H and O–H groups in total. The van der Waals surface area contributed by atoms with Crippen molar-refractivity contribution in [1.29, 1.82) is 0 Å². The summed E-state index contributed by atoms with van der Waals surface area (Å²) in [5.41, 5.74) is 5.27. The first-order chi connectivity index (χ1) is 9.15. The number of sulfonamides is 1. The molecule has 118 valence electrons. The van der Waals surface area contributed by atoms with Crippen LogP contribution in [0.1, 0.15) is 39.5 Å². The fraction of sp³-hybridized carbons (Fsp3) is 0.923. The summed E-state index contributed by atoms with van der Waals surface area (Å²) in [5, 5.41) is 0. The Hall–Kier alpha value is -0.660. The number of rotatable bonds is 6. The zero-order chi connectivity index (χ0) is 15.4. The standard InChI is InChI=1S/C13H27N3O3S/c1-4-7-13(2,14)12(17)16-8-5-6-11(10-16)9-15-20(3,18)19/h11,15H,4-10,14H2,1-3H3. The van der Waals surface area contributed by atoms with Crippen molar-refractivity contribution in [2.24, 2.45) is 11.7 Å². The Morgan fingerprint density at radius 3 is 2.70 bits per heavy atom. The van der Waals surface area contributed by atoms with Crippen molar-refractivity contribution >= 4 is 15.9 Å². The zero-order valence-electron chi connectivity index (χ0n) is 12.7. The van der Waals surface area contributed by atoms with Gasteiger partial charge in [0.1, 0.15) is 0 Å². The summed E-state index contributed by atoms with van der Waals surface area (Å²) in [6, 6.07) is 0. The second-order valence-electron chi connectivity index (χ2n) is 6.05. The maximum Gasteiger partial charge on any atom is 0.242 e. The average molecular weight is 305 g/mol. The number of amides is 1. The highest BCUT2D eigenvalue weighted by Crippen LogP contribution is 2.20. The number of hydrogen-bond acceptors (Lipinski definition) is 4. The van der Waals surface area contributed by atoms with Gasteiger partial charge >= 0.3 is 0 Å². The summed E-state index contributed by atoms with van der Waals surface area (Å²) < 4.78 is 24.8. The van der Waals surface area contributed by atoms with Gasteiger partial charge < -0.3 is 10.6 Å². The molecule has 20 heavy (non-hydrogen) atoms. The zero-order valence-corrected chi connectivity index (χ0v) is 13.5. The van der Waals surface area contributed by atoms with Crippen LogP contribution < -0.4 is 10.5 Å². The van der Waals surface area contributed by atoms with Crippen LogP contribution in [0.15, 0.2) is 0 Å². The summed E-state index contributed by atoms with van der Waals surface area (Å²) in [6.07, 6.45) is 4.50. The summed E-state index contributed by atoms with van der Waals surface area (Å²) in [4.78, 5) is 14.2. The normalized spacial score (nSPS) is 23.4. The van der Waals surface area contributed by atoms with Gasteiger partial charge in [-0.1, -0.05) is 13.3 Å². The Labute approximate surface area is 122 Å². The van der Waals surface area contributed by atoms with Crippen molar-refractivity contribution < 1.29 is 13.2 Å². The van der Waals surface area contributed by atoms with E-state index in [-0.39, 0.29) is 11.8 Å². The molecule has 1 amide bonds. The minimum Gasteiger partial charge on any atom is -0.341 e. The van der Waals surface area contributed by atoms with E-state index in [4.69, 9.17) is 5.73 Å². The van der Waals surface area contributed by atoms with Gasteiger partial charge in [0.15, 0.2) is 0 Å². The number of nitrogens with zero attached hydrogens (tertiary/aromatic N) is 1. The highest BCUT2D eigenvalue weighted by Gasteiger charge is 2.34. The van der Waals surface area contributed by atoms with Gasteiger partial charge in [-0.05, 0) is 32.1 Å². The van der Waals surface area contributed by atoms with Gasteiger partial charge in [-0.2, -0.15) is 0 Å². The van der Waals surface area contributed by atoms with Crippen LogP contribution in [0.3, 0.4) is 0 Å². The van der Waals surface area contributed by atoms with Crippen LogP contribution in [0.4, 0.5) is 0 Å². The lowest BCUT2D eigenvalue weighted by Gasteiger charge is -2.37. The number of likely N-dealkylation sites (tertiary alicyclic amines) is 1. The fourth-order valence-electron chi connectivity index (χ4n) is 2.67. The first-order valence-corrected chi connectivity index (χ1v) is 9.07. The molecule has 2 atom stereocenters. The van der Waals surface area contributed by atoms with Crippen LogP contribution in [-0.2, 0) is 14.8 Å². The Balaban J connectivity index is 2.58. The Morgan fingerprint density at radius 2 is 2.15 bits per heavy atom. The molecule has 1 heterocycles. The van der Waals surface area contributed by atoms with Gasteiger partial charge in [-0.3, -0.25) is 4.79 Å². The van der Waals surface area contributed by atoms with Crippen molar-refractivity contribution in [1.82, 2.24) is 9.62 Å². The third kappa shape index (κ3) is 5.38. The number of nitrogens with two attached hydrogens (primary N) is 1. The SMILES string of the molecule is CCCC(C)(N)C(=O)N1CCCC(CNS(C)(=O)=O)C1. The van der Waals surface area contributed by atoms with E-state index in [1.807, 2.05) is 6.92 Å². The van der Waals surface area contributed by atoms with Gasteiger partial charge in [0.05, 0.1) is 11.8 Å². The quantitative estimate of drug-likeness (QED) is 0.738. The van der Waals surface area contributed by atoms with E-state index in [1.54, 1.807) is 11.8 Å². The topological polar surface area (TPSA) is 92.5 Å². The number of hydrogen-bond donors (Lipinski definition) is 2. The van der Waals surface area contributed by atoms with Crippen molar-refractivity contribution in [2.75, 3.05) is 25.9 Å². The molecule has 0 aliphatic carbocycles. The maximum atomic E-state index is 12.4. The second-order valence-corrected chi connectivity index (χ2v) is 7.88. The van der Waals surface area contributed by atoms with Crippen molar-refractivity contribution in [2.45, 2.75) is 45.1 Å². The van der Waals surface area contributed by atoms with E-state index in [2.05, 4.69) is 4.72 Å². The average Bonchev–Trinajstić information content (AvgIpc) is 2.35. The van der Waals surface area contributed by atoms with Crippen molar-refractivity contribution in [3.63, 3.8) is 0 Å². The van der Waals surface area contributed by atoms with Crippen molar-refractivity contribution in [3.05, 3.63) is 0 Å². The third-order valence-electron chi connectivity index (χ3n) is 3.70. The monoisotopic (exact) mass is 305 g/mol. The number of piperidine rings is 1. The Kier molecular flexibility index (Phi) is 5.97. The predicted molar refractivity (Wildman–Crippen MR) is 79.7 cm³/mol. The molecule has 0 spiro atoms. The van der Waals surface area contributed by atoms with E-state index in [9.17, 15) is 13.2 Å². The molecule has 6 nitrogen and oxygen atoms in total. The summed E-state index contributed by atoms with van der Waals surface area (Å²) in [5.74, 6) is 0.142. The van der Waals surface area contributed by atoms with Crippen molar-refractivity contribution in [3.8, 4) is 0 Å². The van der Waals surface area contributed by atoms with Gasteiger partial charge in [0.25, 0.3) is 0 Å². The molecule has 0 aromatic rings. The molecular formula is C13H27N3O3S. The molecule has 0 radical (unpaired) electrons. The van der Waals surface area contributed by atoms with Gasteiger partial charge in [0.2, 0.25) is 15.9 Å². The van der Waals surface area contributed by atoms with Gasteiger partial charge in [-0.25, -0.2) is 13.1 Å². The lowest BCUT2D eigenvalue weighted by Crippen LogP contribution is -2.56. The van der Waals surface area contributed by atoms with Crippen LogP contribution in [0.5, 0.6) is 0 Å². The summed E-state index contributed by atoms with van der Waals surface area (Å²) in [7, 11) is -3.18. The van der Waals surface area contributed by atoms with E-state index >= 15 is 0 Å². The first kappa shape index (κ1) is 17.4. The molecule has 0 aromatic heterocycles. The van der Waals surface area contributed by atoms with E-state index in [0.717, 1.165) is 25.5 Å². The van der Waals surface area contributed by atoms with Crippen LogP contribution >= 0.6 is 0 Å². The second kappa shape index (κ2) is 6.87. The van der Waals surface area contributed by atoms with Gasteiger partial charge in [-0.15, -0.1) is 0 Å². The molecule has 1 aliphatic rings. The third-order valence-corrected chi connectivity index (χ3v) is 4.39. The first-order valence-electron chi connectivity index (χ1n) is 7.18. The van der Waals surface area contributed by atoms with Crippen LogP contribution in [0.2, 0.25) is 0 Å². The minimum atomic E-state index is -3.18. The summed E-state index contributed by atoms with van der Waals surface area (Å²) >= 11 is 0. The molecular weight excluding hydrogens is 278 g/mol. The van der Waals surface area contributed by atoms with Crippen LogP contribution in [0.25, 0.3) is 0 Å². The summed E-state index contributed by atoms with van der Waals surface area (Å²) in [6.45, 7) is 5.46. The minimum absolute atomic E-state index is 0.0246. The molecule has 2 unspecified atom stereocenters. The van der Waals surface area contributed by atoms with Gasteiger partial charge in [0, 0.05) is 19.6 Å². The molecule has 7 heteroatoms. The highest BCUT2D eigenvalue weighted by atomic mass is 32.2. The number of carbonyl (C=O) groups is 1. The number of carbonyl (C=O) groups excluding carboxylic acids is 1. The lowest BCUT2D eigenvalue weighted by molar-refractivity contribution is -0.138. The van der Waals surface area contributed by atoms with Crippen LogP contribution in [0, 0.1) is 5.92 Å². The maximum absolute atomic E-state index is 12.4. The van der Waals surface area contributed by atoms with E-state index in [0.29, 0.717) is 26.1 Å². The van der Waals surface area contributed by atoms with E-state index in [1.165, 1.54) is 0 Å². The lowest BCUT2D eigenvalue weighted by atomic mass is 9.92. The highest BCUT2D eigenvalue weighted by molar-refractivity contribution is 7.88. The molecule has 0 bridgehead atoms. The molecule has 0 aromatic carbocycles. The molecule has 1 aliphatic heterocycles. The molecule has 1 rings (SSSR count). The Morgan fingerprint density at radius 1 is 1.50 bits per heavy atom. The molecule has 1 saturated heterocycles. The largest absolute Gasteiger partial charge is 0.341 e. The smallest absolute Gasteiger partial charge is 0.242 e. The molecule has 1 fully saturated rings. The number of nitrogens with one attached hydrogen (secondary N) is 1. The van der Waals surface area contributed by atoms with Crippen LogP contribution in [-0.4, -0.2) is 50.7 Å².